The van der Waals surface area contributed by atoms with Crippen LogP contribution in [0, 0.1) is 6.92 Å². The highest BCUT2D eigenvalue weighted by Gasteiger charge is 2.32. The minimum Gasteiger partial charge on any atom is -0.353 e. The second kappa shape index (κ2) is 5.74. The molecule has 1 atom stereocenters. The first-order valence-electron chi connectivity index (χ1n) is 6.39. The van der Waals surface area contributed by atoms with Crippen LogP contribution in [0.2, 0.25) is 0 Å². The van der Waals surface area contributed by atoms with Gasteiger partial charge in [0.15, 0.2) is 0 Å². The lowest BCUT2D eigenvalue weighted by Crippen LogP contribution is -2.57. The maximum atomic E-state index is 12.6. The van der Waals surface area contributed by atoms with Gasteiger partial charge in [0.05, 0.1) is 0 Å². The Bertz CT molecular complexity index is 516. The third-order valence-electron chi connectivity index (χ3n) is 3.40. The molecule has 0 aliphatic carbocycles. The number of nitrogens with zero attached hydrogens (tertiary/aromatic N) is 1. The number of nitrogens with one attached hydrogen (secondary N) is 1. The Balaban J connectivity index is 2.29. The molecule has 1 aliphatic heterocycles. The third kappa shape index (κ3) is 2.81. The van der Waals surface area contributed by atoms with Crippen molar-refractivity contribution in [2.24, 2.45) is 0 Å². The summed E-state index contributed by atoms with van der Waals surface area (Å²) in [6.45, 7) is 4.92. The third-order valence-corrected chi connectivity index (χ3v) is 3.89. The van der Waals surface area contributed by atoms with Crippen LogP contribution < -0.4 is 5.32 Å². The van der Waals surface area contributed by atoms with E-state index in [-0.39, 0.29) is 17.9 Å². The lowest BCUT2D eigenvalue weighted by molar-refractivity contribution is -0.127. The molecule has 0 aromatic heterocycles. The number of piperazine rings is 1. The van der Waals surface area contributed by atoms with Crippen LogP contribution in [0.15, 0.2) is 22.7 Å². The van der Waals surface area contributed by atoms with E-state index in [4.69, 9.17) is 0 Å². The van der Waals surface area contributed by atoms with Crippen molar-refractivity contribution in [2.75, 3.05) is 13.1 Å². The summed E-state index contributed by atoms with van der Waals surface area (Å²) in [7, 11) is 0. The highest BCUT2D eigenvalue weighted by Crippen LogP contribution is 2.20. The van der Waals surface area contributed by atoms with Gasteiger partial charge in [0.25, 0.3) is 5.91 Å². The predicted molar refractivity (Wildman–Crippen MR) is 77.0 cm³/mol. The smallest absolute Gasteiger partial charge is 0.254 e. The lowest BCUT2D eigenvalue weighted by Gasteiger charge is -2.34. The van der Waals surface area contributed by atoms with E-state index in [1.807, 2.05) is 26.0 Å². The molecule has 1 fully saturated rings. The summed E-state index contributed by atoms with van der Waals surface area (Å²) in [5.41, 5.74) is 1.58. The molecular weight excluding hydrogens is 308 g/mol. The van der Waals surface area contributed by atoms with E-state index in [0.29, 0.717) is 25.1 Å². The van der Waals surface area contributed by atoms with E-state index >= 15 is 0 Å². The van der Waals surface area contributed by atoms with Crippen LogP contribution in [-0.2, 0) is 4.79 Å². The SMILES string of the molecule is CCC1C(=O)NCCN1C(=O)c1ccc(Br)cc1C. The van der Waals surface area contributed by atoms with E-state index in [1.54, 1.807) is 11.0 Å². The van der Waals surface area contributed by atoms with Gasteiger partial charge in [-0.1, -0.05) is 22.9 Å². The molecule has 1 N–H and O–H groups in total. The Labute approximate surface area is 121 Å². The molecule has 1 unspecified atom stereocenters. The summed E-state index contributed by atoms with van der Waals surface area (Å²) in [4.78, 5) is 26.1. The molecule has 1 heterocycles. The summed E-state index contributed by atoms with van der Waals surface area (Å²) in [6, 6.07) is 5.22. The van der Waals surface area contributed by atoms with Crippen LogP contribution in [0.1, 0.15) is 29.3 Å². The van der Waals surface area contributed by atoms with Crippen LogP contribution in [-0.4, -0.2) is 35.8 Å². The Hall–Kier alpha value is -1.36. The molecule has 1 aromatic rings. The molecule has 19 heavy (non-hydrogen) atoms. The monoisotopic (exact) mass is 324 g/mol. The largest absolute Gasteiger partial charge is 0.353 e. The van der Waals surface area contributed by atoms with Crippen molar-refractivity contribution in [1.82, 2.24) is 10.2 Å². The molecule has 2 amide bonds. The highest BCUT2D eigenvalue weighted by atomic mass is 79.9. The van der Waals surface area contributed by atoms with Crippen molar-refractivity contribution in [3.05, 3.63) is 33.8 Å². The molecule has 1 aliphatic rings. The summed E-state index contributed by atoms with van der Waals surface area (Å²) < 4.78 is 0.949. The first kappa shape index (κ1) is 14.1. The predicted octanol–water partition coefficient (Wildman–Crippen LogP) is 2.11. The fraction of sp³-hybridized carbons (Fsp3) is 0.429. The van der Waals surface area contributed by atoms with Gasteiger partial charge in [-0.15, -0.1) is 0 Å². The zero-order valence-electron chi connectivity index (χ0n) is 11.1. The van der Waals surface area contributed by atoms with Crippen molar-refractivity contribution in [3.63, 3.8) is 0 Å². The number of amides is 2. The van der Waals surface area contributed by atoms with E-state index in [0.717, 1.165) is 10.0 Å². The van der Waals surface area contributed by atoms with Gasteiger partial charge in [0, 0.05) is 23.1 Å². The molecule has 0 spiro atoms. The van der Waals surface area contributed by atoms with Crippen molar-refractivity contribution in [3.8, 4) is 0 Å². The van der Waals surface area contributed by atoms with Crippen molar-refractivity contribution >= 4 is 27.7 Å². The molecule has 4 nitrogen and oxygen atoms in total. The molecule has 2 rings (SSSR count). The van der Waals surface area contributed by atoms with Crippen molar-refractivity contribution < 1.29 is 9.59 Å². The van der Waals surface area contributed by atoms with Crippen LogP contribution in [0.25, 0.3) is 0 Å². The minimum atomic E-state index is -0.357. The maximum Gasteiger partial charge on any atom is 0.254 e. The molecule has 102 valence electrons. The number of carbonyl (C=O) groups is 2. The second-order valence-electron chi connectivity index (χ2n) is 4.67. The average molecular weight is 325 g/mol. The number of hydrogen-bond acceptors (Lipinski definition) is 2. The standard InChI is InChI=1S/C14H17BrN2O2/c1-3-12-13(18)16-6-7-17(12)14(19)11-5-4-10(15)8-9(11)2/h4-5,8,12H,3,6-7H2,1-2H3,(H,16,18). The fourth-order valence-electron chi connectivity index (χ4n) is 2.39. The zero-order chi connectivity index (χ0) is 14.0. The Morgan fingerprint density at radius 2 is 2.26 bits per heavy atom. The number of benzene rings is 1. The topological polar surface area (TPSA) is 49.4 Å². The number of carbonyl (C=O) groups excluding carboxylic acids is 2. The van der Waals surface area contributed by atoms with Crippen LogP contribution >= 0.6 is 15.9 Å². The maximum absolute atomic E-state index is 12.6. The first-order valence-corrected chi connectivity index (χ1v) is 7.18. The number of aryl methyl sites for hydroxylation is 1. The molecular formula is C14H17BrN2O2. The highest BCUT2D eigenvalue weighted by molar-refractivity contribution is 9.10. The first-order chi connectivity index (χ1) is 9.04. The van der Waals surface area contributed by atoms with Gasteiger partial charge in [0.1, 0.15) is 6.04 Å². The summed E-state index contributed by atoms with van der Waals surface area (Å²) in [6.07, 6.45) is 0.632. The Morgan fingerprint density at radius 1 is 1.53 bits per heavy atom. The van der Waals surface area contributed by atoms with Crippen LogP contribution in [0.5, 0.6) is 0 Å². The average Bonchev–Trinajstić information content (AvgIpc) is 2.37. The number of halogens is 1. The molecule has 5 heteroatoms. The molecule has 1 aromatic carbocycles. The van der Waals surface area contributed by atoms with E-state index < -0.39 is 0 Å². The van der Waals surface area contributed by atoms with E-state index in [9.17, 15) is 9.59 Å². The van der Waals surface area contributed by atoms with Gasteiger partial charge in [-0.05, 0) is 37.1 Å². The van der Waals surface area contributed by atoms with Crippen molar-refractivity contribution in [1.29, 1.82) is 0 Å². The summed E-state index contributed by atoms with van der Waals surface area (Å²) >= 11 is 3.39. The summed E-state index contributed by atoms with van der Waals surface area (Å²) in [5.74, 6) is -0.122. The van der Waals surface area contributed by atoms with Gasteiger partial charge in [-0.2, -0.15) is 0 Å². The van der Waals surface area contributed by atoms with Gasteiger partial charge < -0.3 is 10.2 Å². The molecule has 0 saturated carbocycles. The van der Waals surface area contributed by atoms with Crippen LogP contribution in [0.4, 0.5) is 0 Å². The molecule has 0 bridgehead atoms. The van der Waals surface area contributed by atoms with Gasteiger partial charge in [-0.3, -0.25) is 9.59 Å². The molecule has 1 saturated heterocycles. The van der Waals surface area contributed by atoms with Crippen LogP contribution in [0.3, 0.4) is 0 Å². The fourth-order valence-corrected chi connectivity index (χ4v) is 2.86. The van der Waals surface area contributed by atoms with Gasteiger partial charge >= 0.3 is 0 Å². The van der Waals surface area contributed by atoms with E-state index in [1.165, 1.54) is 0 Å². The lowest BCUT2D eigenvalue weighted by atomic mass is 10.0. The quantitative estimate of drug-likeness (QED) is 0.905. The minimum absolute atomic E-state index is 0.0585. The van der Waals surface area contributed by atoms with Gasteiger partial charge in [-0.25, -0.2) is 0 Å². The second-order valence-corrected chi connectivity index (χ2v) is 5.59. The number of hydrogen-bond donors (Lipinski definition) is 1. The Morgan fingerprint density at radius 3 is 2.89 bits per heavy atom. The van der Waals surface area contributed by atoms with E-state index in [2.05, 4.69) is 21.2 Å². The Kier molecular flexibility index (Phi) is 4.24. The molecule has 0 radical (unpaired) electrons. The normalized spacial score (nSPS) is 19.2. The summed E-state index contributed by atoms with van der Waals surface area (Å²) in [5, 5.41) is 2.80. The zero-order valence-corrected chi connectivity index (χ0v) is 12.7. The van der Waals surface area contributed by atoms with Gasteiger partial charge in [0.2, 0.25) is 5.91 Å². The van der Waals surface area contributed by atoms with Crippen molar-refractivity contribution in [2.45, 2.75) is 26.3 Å². The number of rotatable bonds is 2.